The minimum Gasteiger partial charge on any atom is -0.495 e. The van der Waals surface area contributed by atoms with E-state index in [9.17, 15) is 13.2 Å². The van der Waals surface area contributed by atoms with E-state index in [4.69, 9.17) is 4.74 Å². The first-order valence-electron chi connectivity index (χ1n) is 8.87. The number of ether oxygens (including phenoxy) is 1. The van der Waals surface area contributed by atoms with Gasteiger partial charge >= 0.3 is 0 Å². The van der Waals surface area contributed by atoms with Gasteiger partial charge in [-0.3, -0.25) is 4.79 Å². The van der Waals surface area contributed by atoms with Gasteiger partial charge in [-0.05, 0) is 57.7 Å². The van der Waals surface area contributed by atoms with Gasteiger partial charge in [0.2, 0.25) is 10.0 Å². The predicted octanol–water partition coefficient (Wildman–Crippen LogP) is 2.49. The van der Waals surface area contributed by atoms with Crippen LogP contribution in [0.15, 0.2) is 23.1 Å². The lowest BCUT2D eigenvalue weighted by Crippen LogP contribution is -2.39. The third-order valence-corrected chi connectivity index (χ3v) is 6.74. The molecule has 0 unspecified atom stereocenters. The van der Waals surface area contributed by atoms with Gasteiger partial charge in [0, 0.05) is 30.7 Å². The SMILES string of the molecule is COc1ccc(C(=O)N(C(C)C)C2CC2)cc1S(=O)(=O)N1CCCC1. The molecule has 1 amide bonds. The van der Waals surface area contributed by atoms with E-state index in [1.165, 1.54) is 17.5 Å². The molecule has 0 aromatic heterocycles. The average molecular weight is 366 g/mol. The number of rotatable bonds is 6. The van der Waals surface area contributed by atoms with E-state index in [2.05, 4.69) is 0 Å². The highest BCUT2D eigenvalue weighted by Crippen LogP contribution is 2.33. The summed E-state index contributed by atoms with van der Waals surface area (Å²) in [4.78, 5) is 14.9. The highest BCUT2D eigenvalue weighted by Gasteiger charge is 2.36. The van der Waals surface area contributed by atoms with Gasteiger partial charge in [-0.15, -0.1) is 0 Å². The van der Waals surface area contributed by atoms with Crippen LogP contribution in [0.1, 0.15) is 49.9 Å². The van der Waals surface area contributed by atoms with Crippen molar-refractivity contribution in [3.8, 4) is 5.75 Å². The number of benzene rings is 1. The largest absolute Gasteiger partial charge is 0.495 e. The molecule has 0 radical (unpaired) electrons. The van der Waals surface area contributed by atoms with E-state index < -0.39 is 10.0 Å². The number of hydrogen-bond acceptors (Lipinski definition) is 4. The van der Waals surface area contributed by atoms with Crippen molar-refractivity contribution in [2.24, 2.45) is 0 Å². The first kappa shape index (κ1) is 18.2. The summed E-state index contributed by atoms with van der Waals surface area (Å²) in [5.74, 6) is 0.170. The van der Waals surface area contributed by atoms with Crippen LogP contribution in [0.4, 0.5) is 0 Å². The van der Waals surface area contributed by atoms with Crippen LogP contribution < -0.4 is 4.74 Å². The molecular formula is C18H26N2O4S. The fourth-order valence-corrected chi connectivity index (χ4v) is 5.10. The molecule has 0 N–H and O–H groups in total. The molecule has 7 heteroatoms. The lowest BCUT2D eigenvalue weighted by atomic mass is 10.1. The number of amides is 1. The van der Waals surface area contributed by atoms with Crippen LogP contribution in [0.2, 0.25) is 0 Å². The maximum Gasteiger partial charge on any atom is 0.254 e. The number of carbonyl (C=O) groups excluding carboxylic acids is 1. The van der Waals surface area contributed by atoms with Gasteiger partial charge in [-0.25, -0.2) is 8.42 Å². The molecule has 1 saturated carbocycles. The predicted molar refractivity (Wildman–Crippen MR) is 95.3 cm³/mol. The molecule has 6 nitrogen and oxygen atoms in total. The summed E-state index contributed by atoms with van der Waals surface area (Å²) >= 11 is 0. The van der Waals surface area contributed by atoms with Gasteiger partial charge in [0.1, 0.15) is 10.6 Å². The summed E-state index contributed by atoms with van der Waals surface area (Å²) in [5.41, 5.74) is 0.402. The molecule has 1 aliphatic heterocycles. The van der Waals surface area contributed by atoms with Gasteiger partial charge in [0.05, 0.1) is 7.11 Å². The maximum absolute atomic E-state index is 13.0. The zero-order valence-electron chi connectivity index (χ0n) is 15.1. The van der Waals surface area contributed by atoms with Crippen molar-refractivity contribution in [1.82, 2.24) is 9.21 Å². The second kappa shape index (κ2) is 6.96. The Kier molecular flexibility index (Phi) is 5.06. The van der Waals surface area contributed by atoms with Crippen LogP contribution in [-0.2, 0) is 10.0 Å². The minimum absolute atomic E-state index is 0.0840. The van der Waals surface area contributed by atoms with E-state index in [1.54, 1.807) is 12.1 Å². The van der Waals surface area contributed by atoms with Gasteiger partial charge in [-0.2, -0.15) is 4.31 Å². The summed E-state index contributed by atoms with van der Waals surface area (Å²) < 4.78 is 32.7. The van der Waals surface area contributed by atoms with Crippen LogP contribution in [0.25, 0.3) is 0 Å². The fourth-order valence-electron chi connectivity index (χ4n) is 3.40. The van der Waals surface area contributed by atoms with Crippen LogP contribution in [0.5, 0.6) is 5.75 Å². The Morgan fingerprint density at radius 3 is 2.40 bits per heavy atom. The van der Waals surface area contributed by atoms with Crippen molar-refractivity contribution < 1.29 is 17.9 Å². The van der Waals surface area contributed by atoms with Crippen LogP contribution in [-0.4, -0.2) is 55.8 Å². The summed E-state index contributed by atoms with van der Waals surface area (Å²) in [5, 5.41) is 0. The molecule has 0 spiro atoms. The number of nitrogens with zero attached hydrogens (tertiary/aromatic N) is 2. The summed E-state index contributed by atoms with van der Waals surface area (Å²) in [6, 6.07) is 5.07. The van der Waals surface area contributed by atoms with E-state index in [-0.39, 0.29) is 28.6 Å². The first-order valence-corrected chi connectivity index (χ1v) is 10.3. The lowest BCUT2D eigenvalue weighted by molar-refractivity contribution is 0.0690. The van der Waals surface area contributed by atoms with Crippen molar-refractivity contribution in [2.45, 2.75) is 56.5 Å². The van der Waals surface area contributed by atoms with Gasteiger partial charge in [0.25, 0.3) is 5.91 Å². The molecule has 0 bridgehead atoms. The number of carbonyl (C=O) groups is 1. The van der Waals surface area contributed by atoms with Crippen molar-refractivity contribution >= 4 is 15.9 Å². The second-order valence-electron chi connectivity index (χ2n) is 7.01. The summed E-state index contributed by atoms with van der Waals surface area (Å²) in [6.45, 7) is 5.01. The van der Waals surface area contributed by atoms with E-state index in [0.29, 0.717) is 18.7 Å². The van der Waals surface area contributed by atoms with Gasteiger partial charge in [0.15, 0.2) is 0 Å². The fraction of sp³-hybridized carbons (Fsp3) is 0.611. The third-order valence-electron chi connectivity index (χ3n) is 4.82. The van der Waals surface area contributed by atoms with E-state index in [1.807, 2.05) is 18.7 Å². The zero-order chi connectivity index (χ0) is 18.2. The summed E-state index contributed by atoms with van der Waals surface area (Å²) in [7, 11) is -2.20. The molecule has 2 aliphatic rings. The number of sulfonamides is 1. The standard InChI is InChI=1S/C18H26N2O4S/c1-13(2)20(15-7-8-15)18(21)14-6-9-16(24-3)17(12-14)25(22,23)19-10-4-5-11-19/h6,9,12-13,15H,4-5,7-8,10-11H2,1-3H3. The van der Waals surface area contributed by atoms with E-state index >= 15 is 0 Å². The topological polar surface area (TPSA) is 66.9 Å². The van der Waals surface area contributed by atoms with Crippen molar-refractivity contribution in [2.75, 3.05) is 20.2 Å². The molecule has 1 saturated heterocycles. The molecular weight excluding hydrogens is 340 g/mol. The Hall–Kier alpha value is -1.60. The van der Waals surface area contributed by atoms with Crippen molar-refractivity contribution in [3.05, 3.63) is 23.8 Å². The van der Waals surface area contributed by atoms with Crippen molar-refractivity contribution in [3.63, 3.8) is 0 Å². The molecule has 1 heterocycles. The monoisotopic (exact) mass is 366 g/mol. The molecule has 1 aromatic rings. The molecule has 0 atom stereocenters. The Labute approximate surface area is 149 Å². The smallest absolute Gasteiger partial charge is 0.254 e. The Morgan fingerprint density at radius 2 is 1.88 bits per heavy atom. The summed E-state index contributed by atoms with van der Waals surface area (Å²) in [6.07, 6.45) is 3.75. The van der Waals surface area contributed by atoms with Crippen molar-refractivity contribution in [1.29, 1.82) is 0 Å². The molecule has 2 fully saturated rings. The molecule has 138 valence electrons. The molecule has 3 rings (SSSR count). The zero-order valence-corrected chi connectivity index (χ0v) is 15.9. The lowest BCUT2D eigenvalue weighted by Gasteiger charge is -2.27. The van der Waals surface area contributed by atoms with Crippen LogP contribution >= 0.6 is 0 Å². The van der Waals surface area contributed by atoms with Crippen LogP contribution in [0.3, 0.4) is 0 Å². The maximum atomic E-state index is 13.0. The minimum atomic E-state index is -3.65. The van der Waals surface area contributed by atoms with Gasteiger partial charge in [-0.1, -0.05) is 0 Å². The Morgan fingerprint density at radius 1 is 1.24 bits per heavy atom. The molecule has 25 heavy (non-hydrogen) atoms. The third kappa shape index (κ3) is 3.53. The highest BCUT2D eigenvalue weighted by molar-refractivity contribution is 7.89. The Balaban J connectivity index is 1.98. The number of hydrogen-bond donors (Lipinski definition) is 0. The first-order chi connectivity index (χ1) is 11.9. The van der Waals surface area contributed by atoms with E-state index in [0.717, 1.165) is 25.7 Å². The molecule has 1 aliphatic carbocycles. The second-order valence-corrected chi connectivity index (χ2v) is 8.92. The average Bonchev–Trinajstić information content (AvgIpc) is 3.24. The quantitative estimate of drug-likeness (QED) is 0.776. The molecule has 1 aromatic carbocycles. The number of methoxy groups -OCH3 is 1. The Bertz CT molecular complexity index is 748. The van der Waals surface area contributed by atoms with Gasteiger partial charge < -0.3 is 9.64 Å². The highest BCUT2D eigenvalue weighted by atomic mass is 32.2. The normalized spacial score (nSPS) is 18.6. The van der Waals surface area contributed by atoms with Crippen LogP contribution in [0, 0.1) is 0 Å².